The SMILES string of the molecule is CC[n+]1c(O)c2ccccc2[n+](CC(=O)N2CCCc3ccccc32)c1O. The summed E-state index contributed by atoms with van der Waals surface area (Å²) in [7, 11) is 0. The molecule has 2 aromatic carbocycles. The van der Waals surface area contributed by atoms with Gasteiger partial charge in [0.15, 0.2) is 11.9 Å². The van der Waals surface area contributed by atoms with Crippen molar-refractivity contribution in [3.8, 4) is 11.9 Å². The first-order chi connectivity index (χ1) is 13.1. The van der Waals surface area contributed by atoms with E-state index in [0.717, 1.165) is 18.5 Å². The Balaban J connectivity index is 1.77. The number of nitrogens with zero attached hydrogens (tertiary/aromatic N) is 3. The van der Waals surface area contributed by atoms with E-state index in [0.29, 0.717) is 24.0 Å². The van der Waals surface area contributed by atoms with Crippen molar-refractivity contribution in [3.63, 3.8) is 0 Å². The van der Waals surface area contributed by atoms with Gasteiger partial charge in [-0.25, -0.2) is 0 Å². The average Bonchev–Trinajstić information content (AvgIpc) is 2.71. The summed E-state index contributed by atoms with van der Waals surface area (Å²) in [6.45, 7) is 2.90. The van der Waals surface area contributed by atoms with Gasteiger partial charge in [-0.1, -0.05) is 39.5 Å². The summed E-state index contributed by atoms with van der Waals surface area (Å²) in [6, 6.07) is 15.1. The van der Waals surface area contributed by atoms with Crippen LogP contribution in [0, 0.1) is 0 Å². The smallest absolute Gasteiger partial charge is 0.459 e. The van der Waals surface area contributed by atoms with Crippen LogP contribution in [0.15, 0.2) is 48.5 Å². The molecule has 0 radical (unpaired) electrons. The van der Waals surface area contributed by atoms with Crippen LogP contribution in [0.25, 0.3) is 10.9 Å². The molecule has 0 saturated heterocycles. The third kappa shape index (κ3) is 2.87. The lowest BCUT2D eigenvalue weighted by atomic mass is 10.0. The molecule has 2 heterocycles. The van der Waals surface area contributed by atoms with Gasteiger partial charge in [0.2, 0.25) is 12.1 Å². The summed E-state index contributed by atoms with van der Waals surface area (Å²) in [5.74, 6) is -0.0847. The van der Waals surface area contributed by atoms with Gasteiger partial charge in [-0.2, -0.15) is 0 Å². The standard InChI is InChI=1S/C21H21N3O3/c1-2-22-20(26)16-10-4-6-12-18(16)24(21(22)27)14-19(25)23-13-7-9-15-8-3-5-11-17(15)23/h3-6,8,10-12H,2,7,9,13-14H2,1H3/p+2. The molecular formula is C21H23N3O3+2. The summed E-state index contributed by atoms with van der Waals surface area (Å²) < 4.78 is 2.97. The molecule has 0 fully saturated rings. The van der Waals surface area contributed by atoms with Gasteiger partial charge in [0, 0.05) is 18.3 Å². The number of hydrogen-bond donors (Lipinski definition) is 2. The molecule has 0 spiro atoms. The van der Waals surface area contributed by atoms with Crippen LogP contribution in [0.2, 0.25) is 0 Å². The molecule has 4 rings (SSSR count). The number of fused-ring (bicyclic) bond motifs is 2. The van der Waals surface area contributed by atoms with E-state index in [1.54, 1.807) is 21.6 Å². The molecule has 1 aliphatic rings. The van der Waals surface area contributed by atoms with E-state index in [-0.39, 0.29) is 24.3 Å². The Hall–Kier alpha value is -3.15. The van der Waals surface area contributed by atoms with Crippen LogP contribution in [-0.4, -0.2) is 22.7 Å². The number of aromatic hydroxyl groups is 2. The number of aromatic nitrogens is 2. The van der Waals surface area contributed by atoms with Gasteiger partial charge in [0.05, 0.1) is 0 Å². The van der Waals surface area contributed by atoms with Crippen LogP contribution >= 0.6 is 0 Å². The molecule has 27 heavy (non-hydrogen) atoms. The van der Waals surface area contributed by atoms with Crippen molar-refractivity contribution in [1.29, 1.82) is 0 Å². The minimum absolute atomic E-state index is 0.000953. The Morgan fingerprint density at radius 2 is 1.81 bits per heavy atom. The van der Waals surface area contributed by atoms with E-state index < -0.39 is 0 Å². The van der Waals surface area contributed by atoms with Crippen LogP contribution in [-0.2, 0) is 24.3 Å². The monoisotopic (exact) mass is 365 g/mol. The fraction of sp³-hybridized carbons (Fsp3) is 0.286. The van der Waals surface area contributed by atoms with Crippen LogP contribution < -0.4 is 14.0 Å². The van der Waals surface area contributed by atoms with Crippen molar-refractivity contribution in [3.05, 3.63) is 54.1 Å². The van der Waals surface area contributed by atoms with E-state index in [4.69, 9.17) is 0 Å². The van der Waals surface area contributed by atoms with Gasteiger partial charge in [0.1, 0.15) is 0 Å². The number of aryl methyl sites for hydroxylation is 1. The van der Waals surface area contributed by atoms with Crippen molar-refractivity contribution in [2.45, 2.75) is 32.9 Å². The van der Waals surface area contributed by atoms with Gasteiger partial charge in [-0.05, 0) is 37.5 Å². The van der Waals surface area contributed by atoms with E-state index in [2.05, 4.69) is 6.07 Å². The van der Waals surface area contributed by atoms with Gasteiger partial charge < -0.3 is 15.1 Å². The third-order valence-electron chi connectivity index (χ3n) is 5.20. The minimum atomic E-state index is -0.132. The number of carbonyl (C=O) groups is 1. The number of benzene rings is 2. The number of anilines is 1. The fourth-order valence-corrected chi connectivity index (χ4v) is 3.85. The molecule has 1 aromatic heterocycles. The molecule has 0 unspecified atom stereocenters. The van der Waals surface area contributed by atoms with Crippen molar-refractivity contribution < 1.29 is 24.1 Å². The Morgan fingerprint density at radius 3 is 2.63 bits per heavy atom. The summed E-state index contributed by atoms with van der Waals surface area (Å²) in [5, 5.41) is 21.8. The summed E-state index contributed by atoms with van der Waals surface area (Å²) >= 11 is 0. The van der Waals surface area contributed by atoms with Gasteiger partial charge >= 0.3 is 11.9 Å². The van der Waals surface area contributed by atoms with Crippen LogP contribution in [0.1, 0.15) is 18.9 Å². The molecule has 6 heteroatoms. The Labute approximate surface area is 157 Å². The largest absolute Gasteiger partial charge is 0.632 e. The molecule has 0 atom stereocenters. The van der Waals surface area contributed by atoms with Crippen LogP contribution in [0.5, 0.6) is 11.9 Å². The van der Waals surface area contributed by atoms with E-state index in [9.17, 15) is 15.0 Å². The Bertz CT molecular complexity index is 1030. The maximum Gasteiger partial charge on any atom is 0.632 e. The number of hydrogen-bond acceptors (Lipinski definition) is 3. The lowest BCUT2D eigenvalue weighted by molar-refractivity contribution is -0.815. The average molecular weight is 365 g/mol. The van der Waals surface area contributed by atoms with Crippen molar-refractivity contribution in [2.75, 3.05) is 11.4 Å². The van der Waals surface area contributed by atoms with E-state index in [1.807, 2.05) is 37.3 Å². The maximum absolute atomic E-state index is 13.1. The molecule has 2 N–H and O–H groups in total. The molecule has 0 saturated carbocycles. The molecule has 6 nitrogen and oxygen atoms in total. The Kier molecular flexibility index (Phi) is 4.39. The highest BCUT2D eigenvalue weighted by Gasteiger charge is 2.35. The lowest BCUT2D eigenvalue weighted by Gasteiger charge is -2.28. The zero-order valence-electron chi connectivity index (χ0n) is 15.3. The number of rotatable bonds is 3. The van der Waals surface area contributed by atoms with E-state index >= 15 is 0 Å². The summed E-state index contributed by atoms with van der Waals surface area (Å²) in [4.78, 5) is 14.9. The zero-order valence-corrected chi connectivity index (χ0v) is 15.3. The number of para-hydroxylation sites is 2. The second kappa shape index (κ2) is 6.87. The zero-order chi connectivity index (χ0) is 19.0. The maximum atomic E-state index is 13.1. The number of carbonyl (C=O) groups excluding carboxylic acids is 1. The molecule has 1 amide bonds. The first-order valence-corrected chi connectivity index (χ1v) is 9.26. The van der Waals surface area contributed by atoms with Gasteiger partial charge in [-0.15, -0.1) is 0 Å². The molecule has 0 bridgehead atoms. The predicted molar refractivity (Wildman–Crippen MR) is 100 cm³/mol. The van der Waals surface area contributed by atoms with Crippen molar-refractivity contribution >= 4 is 22.5 Å². The predicted octanol–water partition coefficient (Wildman–Crippen LogP) is 1.83. The van der Waals surface area contributed by atoms with Crippen molar-refractivity contribution in [1.82, 2.24) is 0 Å². The normalized spacial score (nSPS) is 13.6. The third-order valence-corrected chi connectivity index (χ3v) is 5.20. The second-order valence-electron chi connectivity index (χ2n) is 6.75. The quantitative estimate of drug-likeness (QED) is 0.696. The minimum Gasteiger partial charge on any atom is -0.459 e. The van der Waals surface area contributed by atoms with Crippen molar-refractivity contribution in [2.24, 2.45) is 0 Å². The van der Waals surface area contributed by atoms with Crippen LogP contribution in [0.3, 0.4) is 0 Å². The van der Waals surface area contributed by atoms with Gasteiger partial charge in [0.25, 0.3) is 5.91 Å². The molecular weight excluding hydrogens is 342 g/mol. The highest BCUT2D eigenvalue weighted by Crippen LogP contribution is 2.27. The second-order valence-corrected chi connectivity index (χ2v) is 6.75. The first kappa shape index (κ1) is 17.3. The first-order valence-electron chi connectivity index (χ1n) is 9.26. The number of amides is 1. The van der Waals surface area contributed by atoms with Crippen LogP contribution in [0.4, 0.5) is 5.69 Å². The molecule has 1 aliphatic heterocycles. The Morgan fingerprint density at radius 1 is 1.07 bits per heavy atom. The van der Waals surface area contributed by atoms with E-state index in [1.165, 1.54) is 10.1 Å². The molecule has 0 aliphatic carbocycles. The summed E-state index contributed by atoms with van der Waals surface area (Å²) in [6.07, 6.45) is 1.89. The van der Waals surface area contributed by atoms with Gasteiger partial charge in [-0.3, -0.25) is 4.79 Å². The molecule has 3 aromatic rings. The summed E-state index contributed by atoms with van der Waals surface area (Å²) in [5.41, 5.74) is 2.74. The lowest BCUT2D eigenvalue weighted by Crippen LogP contribution is -2.52. The highest BCUT2D eigenvalue weighted by molar-refractivity contribution is 5.94. The topological polar surface area (TPSA) is 68.5 Å². The highest BCUT2D eigenvalue weighted by atomic mass is 16.3. The molecule has 138 valence electrons. The fourth-order valence-electron chi connectivity index (χ4n) is 3.85.